The number of rotatable bonds is 3. The summed E-state index contributed by atoms with van der Waals surface area (Å²) in [5.41, 5.74) is 9.66. The van der Waals surface area contributed by atoms with Crippen LogP contribution in [0.2, 0.25) is 0 Å². The van der Waals surface area contributed by atoms with Gasteiger partial charge in [0.05, 0.1) is 0 Å². The topological polar surface area (TPSA) is 26.0 Å². The standard InChI is InChI=1S/C16H19NS/c1-11-4-5-12(2)16(10-11)18-15-8-6-14(7-9-15)13(3)17/h4-10,13H,17H2,1-3H3/t13-/m1/s1. The molecule has 0 aromatic heterocycles. The summed E-state index contributed by atoms with van der Waals surface area (Å²) in [5, 5.41) is 0. The number of aryl methyl sites for hydroxylation is 2. The fourth-order valence-electron chi connectivity index (χ4n) is 1.78. The number of nitrogens with two attached hydrogens (primary N) is 1. The first-order valence-electron chi connectivity index (χ1n) is 6.17. The van der Waals surface area contributed by atoms with Gasteiger partial charge in [0.15, 0.2) is 0 Å². The zero-order valence-corrected chi connectivity index (χ0v) is 11.9. The molecule has 0 aliphatic rings. The molecule has 0 saturated heterocycles. The van der Waals surface area contributed by atoms with Crippen molar-refractivity contribution in [1.82, 2.24) is 0 Å². The van der Waals surface area contributed by atoms with Crippen molar-refractivity contribution in [2.24, 2.45) is 5.73 Å². The van der Waals surface area contributed by atoms with Gasteiger partial charge in [0.1, 0.15) is 0 Å². The number of hydrogen-bond acceptors (Lipinski definition) is 2. The molecule has 0 saturated carbocycles. The molecule has 0 radical (unpaired) electrons. The van der Waals surface area contributed by atoms with Crippen LogP contribution in [0.1, 0.15) is 29.7 Å². The zero-order valence-electron chi connectivity index (χ0n) is 11.1. The highest BCUT2D eigenvalue weighted by Crippen LogP contribution is 2.31. The lowest BCUT2D eigenvalue weighted by atomic mass is 10.1. The molecule has 2 aromatic carbocycles. The monoisotopic (exact) mass is 257 g/mol. The second kappa shape index (κ2) is 5.59. The molecule has 2 N–H and O–H groups in total. The second-order valence-electron chi connectivity index (χ2n) is 4.73. The number of benzene rings is 2. The molecule has 0 amide bonds. The average Bonchev–Trinajstić information content (AvgIpc) is 2.34. The first-order valence-corrected chi connectivity index (χ1v) is 6.98. The predicted octanol–water partition coefficient (Wildman–Crippen LogP) is 4.47. The fourth-order valence-corrected chi connectivity index (χ4v) is 2.78. The molecule has 2 aromatic rings. The summed E-state index contributed by atoms with van der Waals surface area (Å²) in [7, 11) is 0. The van der Waals surface area contributed by atoms with E-state index in [1.807, 2.05) is 18.7 Å². The minimum absolute atomic E-state index is 0.102. The Labute approximate surface area is 113 Å². The lowest BCUT2D eigenvalue weighted by molar-refractivity contribution is 0.817. The van der Waals surface area contributed by atoms with E-state index in [1.54, 1.807) is 0 Å². The Balaban J connectivity index is 2.21. The lowest BCUT2D eigenvalue weighted by Crippen LogP contribution is -2.04. The van der Waals surface area contributed by atoms with Crippen LogP contribution in [0.15, 0.2) is 52.3 Å². The summed E-state index contributed by atoms with van der Waals surface area (Å²) in [6, 6.07) is 15.2. The van der Waals surface area contributed by atoms with E-state index in [2.05, 4.69) is 56.3 Å². The van der Waals surface area contributed by atoms with Crippen molar-refractivity contribution >= 4 is 11.8 Å². The van der Waals surface area contributed by atoms with Gasteiger partial charge in [-0.2, -0.15) is 0 Å². The van der Waals surface area contributed by atoms with Gasteiger partial charge in [-0.1, -0.05) is 36.0 Å². The van der Waals surface area contributed by atoms with Gasteiger partial charge in [-0.3, -0.25) is 0 Å². The summed E-state index contributed by atoms with van der Waals surface area (Å²) in [6.07, 6.45) is 0. The molecular weight excluding hydrogens is 238 g/mol. The van der Waals surface area contributed by atoms with Gasteiger partial charge in [0.2, 0.25) is 0 Å². The van der Waals surface area contributed by atoms with Crippen LogP contribution in [0, 0.1) is 13.8 Å². The molecule has 0 spiro atoms. The molecule has 2 heteroatoms. The summed E-state index contributed by atoms with van der Waals surface area (Å²) in [6.45, 7) is 6.29. The molecule has 94 valence electrons. The van der Waals surface area contributed by atoms with Gasteiger partial charge >= 0.3 is 0 Å². The molecule has 0 aliphatic heterocycles. The minimum Gasteiger partial charge on any atom is -0.324 e. The van der Waals surface area contributed by atoms with Crippen LogP contribution in [0.25, 0.3) is 0 Å². The molecule has 0 fully saturated rings. The van der Waals surface area contributed by atoms with Crippen LogP contribution in [0.3, 0.4) is 0 Å². The van der Waals surface area contributed by atoms with E-state index in [-0.39, 0.29) is 6.04 Å². The SMILES string of the molecule is Cc1ccc(C)c(Sc2ccc([C@@H](C)N)cc2)c1. The van der Waals surface area contributed by atoms with Crippen molar-refractivity contribution in [2.45, 2.75) is 36.6 Å². The van der Waals surface area contributed by atoms with E-state index in [0.29, 0.717) is 0 Å². The largest absolute Gasteiger partial charge is 0.324 e. The van der Waals surface area contributed by atoms with Crippen molar-refractivity contribution in [1.29, 1.82) is 0 Å². The minimum atomic E-state index is 0.102. The van der Waals surface area contributed by atoms with Crippen molar-refractivity contribution in [3.05, 3.63) is 59.2 Å². The summed E-state index contributed by atoms with van der Waals surface area (Å²) in [4.78, 5) is 2.58. The van der Waals surface area contributed by atoms with E-state index < -0.39 is 0 Å². The Morgan fingerprint density at radius 2 is 1.67 bits per heavy atom. The van der Waals surface area contributed by atoms with Gasteiger partial charge in [0.25, 0.3) is 0 Å². The molecule has 0 bridgehead atoms. The van der Waals surface area contributed by atoms with Gasteiger partial charge in [-0.05, 0) is 55.7 Å². The van der Waals surface area contributed by atoms with E-state index in [9.17, 15) is 0 Å². The summed E-state index contributed by atoms with van der Waals surface area (Å²) in [5.74, 6) is 0. The third-order valence-electron chi connectivity index (χ3n) is 2.98. The Kier molecular flexibility index (Phi) is 4.10. The van der Waals surface area contributed by atoms with E-state index >= 15 is 0 Å². The van der Waals surface area contributed by atoms with E-state index in [1.165, 1.54) is 26.5 Å². The third kappa shape index (κ3) is 3.15. The zero-order chi connectivity index (χ0) is 13.1. The molecule has 1 nitrogen and oxygen atoms in total. The van der Waals surface area contributed by atoms with Crippen molar-refractivity contribution in [3.63, 3.8) is 0 Å². The van der Waals surface area contributed by atoms with Crippen molar-refractivity contribution in [3.8, 4) is 0 Å². The quantitative estimate of drug-likeness (QED) is 0.877. The van der Waals surface area contributed by atoms with Crippen LogP contribution in [0.4, 0.5) is 0 Å². The Morgan fingerprint density at radius 1 is 1.00 bits per heavy atom. The highest BCUT2D eigenvalue weighted by Gasteiger charge is 2.03. The van der Waals surface area contributed by atoms with Crippen LogP contribution in [0.5, 0.6) is 0 Å². The first kappa shape index (κ1) is 13.2. The Hall–Kier alpha value is -1.25. The van der Waals surface area contributed by atoms with Crippen molar-refractivity contribution < 1.29 is 0 Å². The van der Waals surface area contributed by atoms with Gasteiger partial charge in [-0.25, -0.2) is 0 Å². The van der Waals surface area contributed by atoms with Crippen LogP contribution in [-0.2, 0) is 0 Å². The van der Waals surface area contributed by atoms with E-state index in [4.69, 9.17) is 5.73 Å². The molecule has 0 aliphatic carbocycles. The predicted molar refractivity (Wildman–Crippen MR) is 79.1 cm³/mol. The van der Waals surface area contributed by atoms with Crippen molar-refractivity contribution in [2.75, 3.05) is 0 Å². The van der Waals surface area contributed by atoms with Gasteiger partial charge < -0.3 is 5.73 Å². The van der Waals surface area contributed by atoms with E-state index in [0.717, 1.165) is 0 Å². The Bertz CT molecular complexity index is 529. The van der Waals surface area contributed by atoms with Gasteiger partial charge in [-0.15, -0.1) is 0 Å². The molecule has 0 unspecified atom stereocenters. The lowest BCUT2D eigenvalue weighted by Gasteiger charge is -2.09. The molecule has 1 atom stereocenters. The van der Waals surface area contributed by atoms with Crippen LogP contribution >= 0.6 is 11.8 Å². The highest BCUT2D eigenvalue weighted by molar-refractivity contribution is 7.99. The maximum absolute atomic E-state index is 5.85. The normalized spacial score (nSPS) is 12.4. The molecule has 18 heavy (non-hydrogen) atoms. The highest BCUT2D eigenvalue weighted by atomic mass is 32.2. The third-order valence-corrected chi connectivity index (χ3v) is 4.14. The fraction of sp³-hybridized carbons (Fsp3) is 0.250. The molecular formula is C16H19NS. The average molecular weight is 257 g/mol. The second-order valence-corrected chi connectivity index (χ2v) is 5.84. The summed E-state index contributed by atoms with van der Waals surface area (Å²) < 4.78 is 0. The number of hydrogen-bond donors (Lipinski definition) is 1. The smallest absolute Gasteiger partial charge is 0.0266 e. The maximum atomic E-state index is 5.85. The maximum Gasteiger partial charge on any atom is 0.0266 e. The molecule has 2 rings (SSSR count). The Morgan fingerprint density at radius 3 is 2.28 bits per heavy atom. The molecule has 0 heterocycles. The summed E-state index contributed by atoms with van der Waals surface area (Å²) >= 11 is 1.81. The van der Waals surface area contributed by atoms with Crippen LogP contribution in [-0.4, -0.2) is 0 Å². The van der Waals surface area contributed by atoms with Crippen LogP contribution < -0.4 is 5.73 Å². The van der Waals surface area contributed by atoms with Gasteiger partial charge in [0, 0.05) is 15.8 Å². The first-order chi connectivity index (χ1) is 8.56.